The monoisotopic (exact) mass is 275 g/mol. The minimum atomic E-state index is -3.00. The SMILES string of the molecule is CC1CN(C2CCN(S(C)(=O)=O)CC2)CCC1N. The third-order valence-corrected chi connectivity index (χ3v) is 5.72. The smallest absolute Gasteiger partial charge is 0.211 e. The fourth-order valence-electron chi connectivity index (χ4n) is 3.07. The van der Waals surface area contributed by atoms with Crippen LogP contribution in [0.15, 0.2) is 0 Å². The van der Waals surface area contributed by atoms with Crippen molar-refractivity contribution in [3.05, 3.63) is 0 Å². The molecule has 2 heterocycles. The summed E-state index contributed by atoms with van der Waals surface area (Å²) in [6.45, 7) is 5.67. The van der Waals surface area contributed by atoms with E-state index >= 15 is 0 Å². The highest BCUT2D eigenvalue weighted by Gasteiger charge is 2.32. The standard InChI is InChI=1S/C12H25N3O2S/c1-10-9-14(6-5-12(10)13)11-3-7-15(8-4-11)18(2,16)17/h10-12H,3-9,13H2,1-2H3. The topological polar surface area (TPSA) is 66.6 Å². The molecule has 2 aliphatic heterocycles. The van der Waals surface area contributed by atoms with E-state index in [2.05, 4.69) is 11.8 Å². The Balaban J connectivity index is 1.87. The molecule has 2 aliphatic rings. The minimum Gasteiger partial charge on any atom is -0.327 e. The molecule has 2 unspecified atom stereocenters. The molecule has 6 heteroatoms. The zero-order valence-electron chi connectivity index (χ0n) is 11.4. The van der Waals surface area contributed by atoms with Crippen LogP contribution in [0.5, 0.6) is 0 Å². The van der Waals surface area contributed by atoms with Gasteiger partial charge in [-0.15, -0.1) is 0 Å². The molecule has 18 heavy (non-hydrogen) atoms. The Kier molecular flexibility index (Phi) is 4.31. The molecule has 0 bridgehead atoms. The zero-order valence-corrected chi connectivity index (χ0v) is 12.2. The second-order valence-corrected chi connectivity index (χ2v) is 7.80. The van der Waals surface area contributed by atoms with Crippen molar-refractivity contribution in [1.29, 1.82) is 0 Å². The quantitative estimate of drug-likeness (QED) is 0.775. The van der Waals surface area contributed by atoms with E-state index in [0.717, 1.165) is 32.4 Å². The molecule has 0 aromatic heterocycles. The fourth-order valence-corrected chi connectivity index (χ4v) is 3.94. The van der Waals surface area contributed by atoms with Crippen LogP contribution in [0.2, 0.25) is 0 Å². The van der Waals surface area contributed by atoms with Crippen molar-refractivity contribution in [2.45, 2.75) is 38.3 Å². The number of hydrogen-bond acceptors (Lipinski definition) is 4. The Morgan fingerprint density at radius 1 is 1.11 bits per heavy atom. The maximum Gasteiger partial charge on any atom is 0.211 e. The zero-order chi connectivity index (χ0) is 13.3. The highest BCUT2D eigenvalue weighted by molar-refractivity contribution is 7.88. The van der Waals surface area contributed by atoms with Crippen LogP contribution >= 0.6 is 0 Å². The Bertz CT molecular complexity index is 377. The Morgan fingerprint density at radius 2 is 1.72 bits per heavy atom. The van der Waals surface area contributed by atoms with E-state index in [-0.39, 0.29) is 0 Å². The van der Waals surface area contributed by atoms with E-state index in [9.17, 15) is 8.42 Å². The fraction of sp³-hybridized carbons (Fsp3) is 1.00. The predicted molar refractivity (Wildman–Crippen MR) is 72.8 cm³/mol. The van der Waals surface area contributed by atoms with E-state index in [1.807, 2.05) is 0 Å². The molecule has 0 aromatic carbocycles. The highest BCUT2D eigenvalue weighted by Crippen LogP contribution is 2.23. The Hall–Kier alpha value is -0.170. The molecular formula is C12H25N3O2S. The molecular weight excluding hydrogens is 250 g/mol. The third kappa shape index (κ3) is 3.23. The van der Waals surface area contributed by atoms with Gasteiger partial charge in [-0.25, -0.2) is 12.7 Å². The van der Waals surface area contributed by atoms with Crippen LogP contribution in [0, 0.1) is 5.92 Å². The molecule has 0 amide bonds. The number of sulfonamides is 1. The summed E-state index contributed by atoms with van der Waals surface area (Å²) in [5.41, 5.74) is 6.03. The van der Waals surface area contributed by atoms with Crippen molar-refractivity contribution in [3.8, 4) is 0 Å². The maximum atomic E-state index is 11.5. The molecule has 106 valence electrons. The lowest BCUT2D eigenvalue weighted by molar-refractivity contribution is 0.0849. The number of hydrogen-bond donors (Lipinski definition) is 1. The van der Waals surface area contributed by atoms with Crippen LogP contribution < -0.4 is 5.73 Å². The molecule has 2 rings (SSSR count). The van der Waals surface area contributed by atoms with Crippen molar-refractivity contribution in [2.24, 2.45) is 11.7 Å². The first-order chi connectivity index (χ1) is 8.38. The minimum absolute atomic E-state index is 0.331. The van der Waals surface area contributed by atoms with Gasteiger partial charge in [0, 0.05) is 31.7 Å². The molecule has 0 radical (unpaired) electrons. The van der Waals surface area contributed by atoms with Gasteiger partial charge >= 0.3 is 0 Å². The van der Waals surface area contributed by atoms with E-state index in [0.29, 0.717) is 31.1 Å². The maximum absolute atomic E-state index is 11.5. The summed E-state index contributed by atoms with van der Waals surface area (Å²) in [5.74, 6) is 0.548. The molecule has 5 nitrogen and oxygen atoms in total. The Labute approximate surface area is 110 Å². The normalized spacial score (nSPS) is 33.7. The summed E-state index contributed by atoms with van der Waals surface area (Å²) in [5, 5.41) is 0. The van der Waals surface area contributed by atoms with Crippen LogP contribution in [0.1, 0.15) is 26.2 Å². The summed E-state index contributed by atoms with van der Waals surface area (Å²) >= 11 is 0. The Morgan fingerprint density at radius 3 is 2.22 bits per heavy atom. The third-order valence-electron chi connectivity index (χ3n) is 4.41. The lowest BCUT2D eigenvalue weighted by atomic mass is 9.92. The van der Waals surface area contributed by atoms with Crippen LogP contribution in [-0.4, -0.2) is 62.1 Å². The summed E-state index contributed by atoms with van der Waals surface area (Å²) in [7, 11) is -3.00. The van der Waals surface area contributed by atoms with Gasteiger partial charge in [-0.1, -0.05) is 6.92 Å². The van der Waals surface area contributed by atoms with Crippen molar-refractivity contribution < 1.29 is 8.42 Å². The molecule has 2 N–H and O–H groups in total. The first kappa shape index (κ1) is 14.2. The van der Waals surface area contributed by atoms with Crippen LogP contribution in [-0.2, 0) is 10.0 Å². The van der Waals surface area contributed by atoms with Gasteiger partial charge in [0.15, 0.2) is 0 Å². The summed E-state index contributed by atoms with van der Waals surface area (Å²) in [6, 6.07) is 0.871. The lowest BCUT2D eigenvalue weighted by Gasteiger charge is -2.43. The van der Waals surface area contributed by atoms with Gasteiger partial charge in [0.05, 0.1) is 6.26 Å². The molecule has 0 saturated carbocycles. The first-order valence-corrected chi connectivity index (χ1v) is 8.67. The van der Waals surface area contributed by atoms with E-state index in [1.165, 1.54) is 6.26 Å². The van der Waals surface area contributed by atoms with Gasteiger partial charge in [0.25, 0.3) is 0 Å². The second kappa shape index (κ2) is 5.45. The van der Waals surface area contributed by atoms with Crippen LogP contribution in [0.3, 0.4) is 0 Å². The first-order valence-electron chi connectivity index (χ1n) is 6.82. The number of piperidine rings is 2. The molecule has 2 atom stereocenters. The average molecular weight is 275 g/mol. The summed E-state index contributed by atoms with van der Waals surface area (Å²) < 4.78 is 24.5. The lowest BCUT2D eigenvalue weighted by Crippen LogP contribution is -2.53. The molecule has 0 aliphatic carbocycles. The molecule has 2 fully saturated rings. The van der Waals surface area contributed by atoms with Crippen LogP contribution in [0.25, 0.3) is 0 Å². The highest BCUT2D eigenvalue weighted by atomic mass is 32.2. The van der Waals surface area contributed by atoms with Crippen molar-refractivity contribution in [2.75, 3.05) is 32.4 Å². The number of nitrogens with zero attached hydrogens (tertiary/aromatic N) is 2. The number of nitrogens with two attached hydrogens (primary N) is 1. The van der Waals surface area contributed by atoms with Gasteiger partial charge in [-0.3, -0.25) is 4.90 Å². The van der Waals surface area contributed by atoms with Gasteiger partial charge in [0.1, 0.15) is 0 Å². The summed E-state index contributed by atoms with van der Waals surface area (Å²) in [4.78, 5) is 2.51. The molecule has 0 aromatic rings. The van der Waals surface area contributed by atoms with Crippen LogP contribution in [0.4, 0.5) is 0 Å². The largest absolute Gasteiger partial charge is 0.327 e. The van der Waals surface area contributed by atoms with E-state index in [1.54, 1.807) is 4.31 Å². The van der Waals surface area contributed by atoms with E-state index in [4.69, 9.17) is 5.73 Å². The number of likely N-dealkylation sites (tertiary alicyclic amines) is 1. The van der Waals surface area contributed by atoms with Crippen molar-refractivity contribution >= 4 is 10.0 Å². The number of rotatable bonds is 2. The summed E-state index contributed by atoms with van der Waals surface area (Å²) in [6.07, 6.45) is 4.27. The van der Waals surface area contributed by atoms with E-state index < -0.39 is 10.0 Å². The van der Waals surface area contributed by atoms with Gasteiger partial charge in [-0.2, -0.15) is 0 Å². The van der Waals surface area contributed by atoms with Gasteiger partial charge in [0.2, 0.25) is 10.0 Å². The second-order valence-electron chi connectivity index (χ2n) is 5.82. The average Bonchev–Trinajstić information content (AvgIpc) is 2.32. The molecule has 2 saturated heterocycles. The molecule has 0 spiro atoms. The van der Waals surface area contributed by atoms with Gasteiger partial charge < -0.3 is 5.73 Å². The predicted octanol–water partition coefficient (Wildman–Crippen LogP) is 0.0795. The van der Waals surface area contributed by atoms with Crippen molar-refractivity contribution in [1.82, 2.24) is 9.21 Å². The van der Waals surface area contributed by atoms with Crippen molar-refractivity contribution in [3.63, 3.8) is 0 Å². The van der Waals surface area contributed by atoms with Gasteiger partial charge in [-0.05, 0) is 31.7 Å².